The first kappa shape index (κ1) is 23.2. The number of unbranched alkanes of at least 4 members (excludes halogenated alkanes) is 14. The molecule has 0 aliphatic carbocycles. The molecule has 0 nitrogen and oxygen atoms in total. The Bertz CT molecular complexity index is 216. The zero-order valence-corrected chi connectivity index (χ0v) is 19.2. The number of halogens is 2. The lowest BCUT2D eigenvalue weighted by molar-refractivity contribution is 0.535. The third-order valence-electron chi connectivity index (χ3n) is 4.40. The Morgan fingerprint density at radius 2 is 0.818 bits per heavy atom. The highest BCUT2D eigenvalue weighted by atomic mass is 127. The van der Waals surface area contributed by atoms with Crippen LogP contribution in [-0.2, 0) is 0 Å². The van der Waals surface area contributed by atoms with E-state index >= 15 is 0 Å². The number of rotatable bonds is 17. The van der Waals surface area contributed by atoms with Gasteiger partial charge in [-0.3, -0.25) is 0 Å². The fraction of sp³-hybridized carbons (Fsp3) is 1.00. The minimum absolute atomic E-state index is 1.29. The molecule has 0 N–H and O–H groups in total. The van der Waals surface area contributed by atoms with E-state index in [9.17, 15) is 0 Å². The first-order valence-corrected chi connectivity index (χ1v) is 15.6. The molecular formula is C19H40ClISi. The van der Waals surface area contributed by atoms with Crippen molar-refractivity contribution in [1.82, 2.24) is 0 Å². The van der Waals surface area contributed by atoms with Crippen molar-refractivity contribution in [1.29, 1.82) is 0 Å². The molecule has 0 heterocycles. The van der Waals surface area contributed by atoms with Gasteiger partial charge in [-0.1, -0.05) is 126 Å². The van der Waals surface area contributed by atoms with Crippen LogP contribution in [0, 0.1) is 0 Å². The summed E-state index contributed by atoms with van der Waals surface area (Å²) in [5, 5.41) is 0. The summed E-state index contributed by atoms with van der Waals surface area (Å²) in [6.07, 6.45) is 21.7. The zero-order valence-electron chi connectivity index (χ0n) is 15.3. The van der Waals surface area contributed by atoms with Crippen LogP contribution < -0.4 is 0 Å². The minimum Gasteiger partial charge on any atom is -0.168 e. The average Bonchev–Trinajstić information content (AvgIpc) is 2.45. The largest absolute Gasteiger partial charge is 0.168 e. The van der Waals surface area contributed by atoms with Crippen molar-refractivity contribution >= 4 is 41.1 Å². The molecule has 0 radical (unpaired) electrons. The van der Waals surface area contributed by atoms with Gasteiger partial charge in [0.05, 0.1) is 0 Å². The van der Waals surface area contributed by atoms with Crippen LogP contribution in [-0.4, -0.2) is 11.8 Å². The van der Waals surface area contributed by atoms with Gasteiger partial charge in [-0.05, 0) is 16.9 Å². The summed E-state index contributed by atoms with van der Waals surface area (Å²) < 4.78 is 1.34. The number of hydrogen-bond donors (Lipinski definition) is 0. The number of hydrogen-bond acceptors (Lipinski definition) is 0. The van der Waals surface area contributed by atoms with Gasteiger partial charge in [0.15, 0.2) is 0 Å². The first-order valence-electron chi connectivity index (χ1n) is 9.81. The molecule has 0 saturated heterocycles. The van der Waals surface area contributed by atoms with Crippen LogP contribution in [0.3, 0.4) is 0 Å². The summed E-state index contributed by atoms with van der Waals surface area (Å²) in [5.74, 6) is 0. The smallest absolute Gasteiger partial charge is 0.150 e. The second kappa shape index (κ2) is 17.1. The van der Waals surface area contributed by atoms with Crippen molar-refractivity contribution in [3.05, 3.63) is 0 Å². The van der Waals surface area contributed by atoms with Gasteiger partial charge < -0.3 is 0 Å². The zero-order chi connectivity index (χ0) is 16.5. The van der Waals surface area contributed by atoms with Gasteiger partial charge in [0.2, 0.25) is 0 Å². The average molecular weight is 459 g/mol. The van der Waals surface area contributed by atoms with Crippen LogP contribution in [0.4, 0.5) is 0 Å². The number of alkyl halides is 1. The fourth-order valence-electron chi connectivity index (χ4n) is 2.94. The van der Waals surface area contributed by atoms with Crippen molar-refractivity contribution in [2.45, 2.75) is 115 Å². The van der Waals surface area contributed by atoms with E-state index in [1.54, 1.807) is 0 Å². The van der Waals surface area contributed by atoms with E-state index in [0.717, 1.165) is 0 Å². The van der Waals surface area contributed by atoms with E-state index in [0.29, 0.717) is 0 Å². The van der Waals surface area contributed by atoms with Gasteiger partial charge >= 0.3 is 0 Å². The van der Waals surface area contributed by atoms with Gasteiger partial charge in [-0.2, -0.15) is 11.1 Å². The third kappa shape index (κ3) is 21.2. The predicted molar refractivity (Wildman–Crippen MR) is 116 cm³/mol. The topological polar surface area (TPSA) is 0 Å². The summed E-state index contributed by atoms with van der Waals surface area (Å²) in [6, 6.07) is 1.30. The molecule has 0 bridgehead atoms. The Morgan fingerprint density at radius 1 is 0.545 bits per heavy atom. The molecule has 0 fully saturated rings. The summed E-state index contributed by atoms with van der Waals surface area (Å²) in [6.45, 7) is 4.53. The van der Waals surface area contributed by atoms with E-state index in [2.05, 4.69) is 35.7 Å². The Hall–Kier alpha value is 1.24. The molecule has 0 saturated carbocycles. The molecule has 0 aliphatic heterocycles. The second-order valence-electron chi connectivity index (χ2n) is 7.46. The third-order valence-corrected chi connectivity index (χ3v) is 7.28. The molecule has 0 aromatic heterocycles. The molecule has 0 aromatic rings. The quantitative estimate of drug-likeness (QED) is 0.0671. The highest BCUT2D eigenvalue weighted by Gasteiger charge is 2.15. The lowest BCUT2D eigenvalue weighted by Gasteiger charge is -2.11. The molecular weight excluding hydrogens is 419 g/mol. The van der Waals surface area contributed by atoms with Gasteiger partial charge in [-0.15, -0.1) is 0 Å². The SMILES string of the molecule is C[Si](C)(Cl)CCCCCCCCCCCCCCCCCI. The maximum absolute atomic E-state index is 6.34. The maximum atomic E-state index is 6.34. The first-order chi connectivity index (χ1) is 10.6. The lowest BCUT2D eigenvalue weighted by Crippen LogP contribution is -2.14. The summed E-state index contributed by atoms with van der Waals surface area (Å²) >= 11 is 8.82. The van der Waals surface area contributed by atoms with Crippen LogP contribution in [0.2, 0.25) is 19.1 Å². The maximum Gasteiger partial charge on any atom is 0.150 e. The van der Waals surface area contributed by atoms with E-state index < -0.39 is 7.38 Å². The van der Waals surface area contributed by atoms with Crippen molar-refractivity contribution in [3.63, 3.8) is 0 Å². The highest BCUT2D eigenvalue weighted by Crippen LogP contribution is 2.19. The Labute approximate surface area is 160 Å². The second-order valence-corrected chi connectivity index (χ2v) is 15.5. The van der Waals surface area contributed by atoms with Crippen molar-refractivity contribution in [2.75, 3.05) is 4.43 Å². The van der Waals surface area contributed by atoms with E-state index in [1.165, 1.54) is 107 Å². The van der Waals surface area contributed by atoms with Gasteiger partial charge in [0.25, 0.3) is 0 Å². The molecule has 0 unspecified atom stereocenters. The molecule has 0 amide bonds. The molecule has 22 heavy (non-hydrogen) atoms. The molecule has 0 spiro atoms. The Kier molecular flexibility index (Phi) is 18.0. The molecule has 0 rings (SSSR count). The monoisotopic (exact) mass is 458 g/mol. The molecule has 0 aromatic carbocycles. The Balaban J connectivity index is 3.00. The fourth-order valence-corrected chi connectivity index (χ4v) is 4.97. The van der Waals surface area contributed by atoms with E-state index in [-0.39, 0.29) is 0 Å². The van der Waals surface area contributed by atoms with E-state index in [4.69, 9.17) is 11.1 Å². The van der Waals surface area contributed by atoms with Crippen LogP contribution in [0.5, 0.6) is 0 Å². The van der Waals surface area contributed by atoms with Crippen LogP contribution in [0.15, 0.2) is 0 Å². The molecule has 0 aliphatic rings. The van der Waals surface area contributed by atoms with Crippen LogP contribution in [0.1, 0.15) is 96.3 Å². The lowest BCUT2D eigenvalue weighted by atomic mass is 10.0. The molecule has 3 heteroatoms. The van der Waals surface area contributed by atoms with E-state index in [1.807, 2.05) is 0 Å². The van der Waals surface area contributed by atoms with Crippen LogP contribution in [0.25, 0.3) is 0 Å². The van der Waals surface area contributed by atoms with Crippen molar-refractivity contribution in [3.8, 4) is 0 Å². The minimum atomic E-state index is -1.29. The molecule has 0 atom stereocenters. The van der Waals surface area contributed by atoms with Crippen LogP contribution >= 0.6 is 33.7 Å². The van der Waals surface area contributed by atoms with Crippen molar-refractivity contribution in [2.24, 2.45) is 0 Å². The van der Waals surface area contributed by atoms with Gasteiger partial charge in [-0.25, -0.2) is 0 Å². The predicted octanol–water partition coefficient (Wildman–Crippen LogP) is 8.72. The van der Waals surface area contributed by atoms with Gasteiger partial charge in [0, 0.05) is 0 Å². The summed E-state index contributed by atoms with van der Waals surface area (Å²) in [4.78, 5) is 0. The highest BCUT2D eigenvalue weighted by molar-refractivity contribution is 14.1. The Morgan fingerprint density at radius 3 is 1.09 bits per heavy atom. The molecule has 134 valence electrons. The summed E-state index contributed by atoms with van der Waals surface area (Å²) in [5.41, 5.74) is 0. The summed E-state index contributed by atoms with van der Waals surface area (Å²) in [7, 11) is -1.29. The normalized spacial score (nSPS) is 12.0. The van der Waals surface area contributed by atoms with Gasteiger partial charge in [0.1, 0.15) is 7.38 Å². The van der Waals surface area contributed by atoms with Crippen molar-refractivity contribution < 1.29 is 0 Å². The standard InChI is InChI=1S/C19H40ClISi/c1-22(2,20)19-17-15-13-11-9-7-5-3-4-6-8-10-12-14-16-18-21/h3-19H2,1-2H3.